The van der Waals surface area contributed by atoms with Crippen molar-refractivity contribution < 1.29 is 4.79 Å². The number of hydrogen-bond acceptors (Lipinski definition) is 3. The third-order valence-corrected chi connectivity index (χ3v) is 2.72. The SMILES string of the molecule is Cc1ccc(/C=N/NC(=O)c2cccnc2)c(C)c1. The van der Waals surface area contributed by atoms with Crippen molar-refractivity contribution in [1.82, 2.24) is 10.4 Å². The molecule has 2 aromatic rings. The zero-order chi connectivity index (χ0) is 13.7. The smallest absolute Gasteiger partial charge is 0.267 e. The third-order valence-electron chi connectivity index (χ3n) is 2.72. The molecule has 4 heteroatoms. The normalized spacial score (nSPS) is 10.6. The number of hydrazone groups is 1. The lowest BCUT2D eigenvalue weighted by Crippen LogP contribution is -2.17. The Labute approximate surface area is 112 Å². The van der Waals surface area contributed by atoms with E-state index in [-0.39, 0.29) is 5.91 Å². The Morgan fingerprint density at radius 3 is 2.84 bits per heavy atom. The molecule has 0 saturated heterocycles. The van der Waals surface area contributed by atoms with Gasteiger partial charge in [0.05, 0.1) is 11.8 Å². The first-order valence-corrected chi connectivity index (χ1v) is 5.97. The Kier molecular flexibility index (Phi) is 4.03. The Bertz CT molecular complexity index is 606. The van der Waals surface area contributed by atoms with Gasteiger partial charge in [0.1, 0.15) is 0 Å². The van der Waals surface area contributed by atoms with Crippen LogP contribution in [-0.4, -0.2) is 17.1 Å². The summed E-state index contributed by atoms with van der Waals surface area (Å²) in [6.45, 7) is 4.05. The van der Waals surface area contributed by atoms with Crippen molar-refractivity contribution in [3.8, 4) is 0 Å². The molecule has 2 rings (SSSR count). The van der Waals surface area contributed by atoms with Gasteiger partial charge in [-0.05, 0) is 37.1 Å². The third kappa shape index (κ3) is 3.48. The largest absolute Gasteiger partial charge is 0.272 e. The van der Waals surface area contributed by atoms with E-state index in [0.29, 0.717) is 5.56 Å². The molecule has 1 aromatic carbocycles. The highest BCUT2D eigenvalue weighted by molar-refractivity contribution is 5.94. The minimum absolute atomic E-state index is 0.269. The van der Waals surface area contributed by atoms with Gasteiger partial charge in [-0.15, -0.1) is 0 Å². The first kappa shape index (κ1) is 13.0. The lowest BCUT2D eigenvalue weighted by atomic mass is 10.1. The molecule has 0 radical (unpaired) electrons. The molecule has 1 aromatic heterocycles. The van der Waals surface area contributed by atoms with E-state index in [1.807, 2.05) is 26.0 Å². The van der Waals surface area contributed by atoms with Crippen LogP contribution < -0.4 is 5.43 Å². The van der Waals surface area contributed by atoms with Crippen LogP contribution in [0.25, 0.3) is 0 Å². The highest BCUT2D eigenvalue weighted by atomic mass is 16.2. The quantitative estimate of drug-likeness (QED) is 0.674. The summed E-state index contributed by atoms with van der Waals surface area (Å²) in [5.74, 6) is -0.269. The number of nitrogens with one attached hydrogen (secondary N) is 1. The number of pyridine rings is 1. The van der Waals surface area contributed by atoms with Crippen molar-refractivity contribution in [1.29, 1.82) is 0 Å². The van der Waals surface area contributed by atoms with Crippen LogP contribution in [0.1, 0.15) is 27.0 Å². The number of aromatic nitrogens is 1. The van der Waals surface area contributed by atoms with Crippen molar-refractivity contribution in [2.75, 3.05) is 0 Å². The first-order valence-electron chi connectivity index (χ1n) is 5.97. The fraction of sp³-hybridized carbons (Fsp3) is 0.133. The van der Waals surface area contributed by atoms with Gasteiger partial charge in [-0.1, -0.05) is 23.8 Å². The number of hydrogen-bond donors (Lipinski definition) is 1. The summed E-state index contributed by atoms with van der Waals surface area (Å²) in [6, 6.07) is 9.46. The first-order chi connectivity index (χ1) is 9.16. The molecule has 0 aliphatic carbocycles. The van der Waals surface area contributed by atoms with E-state index in [1.54, 1.807) is 24.5 Å². The monoisotopic (exact) mass is 253 g/mol. The molecule has 19 heavy (non-hydrogen) atoms. The molecule has 96 valence electrons. The number of nitrogens with zero attached hydrogens (tertiary/aromatic N) is 2. The van der Waals surface area contributed by atoms with E-state index in [4.69, 9.17) is 0 Å². The predicted molar refractivity (Wildman–Crippen MR) is 75.2 cm³/mol. The van der Waals surface area contributed by atoms with Gasteiger partial charge in [-0.25, -0.2) is 5.43 Å². The maximum absolute atomic E-state index is 11.7. The molecule has 1 heterocycles. The molecule has 0 unspecified atom stereocenters. The van der Waals surface area contributed by atoms with Gasteiger partial charge < -0.3 is 0 Å². The fourth-order valence-corrected chi connectivity index (χ4v) is 1.69. The van der Waals surface area contributed by atoms with Crippen molar-refractivity contribution in [2.24, 2.45) is 5.10 Å². The van der Waals surface area contributed by atoms with Crippen LogP contribution in [-0.2, 0) is 0 Å². The van der Waals surface area contributed by atoms with Gasteiger partial charge in [-0.2, -0.15) is 5.10 Å². The molecule has 0 fully saturated rings. The van der Waals surface area contributed by atoms with Crippen LogP contribution in [0.3, 0.4) is 0 Å². The van der Waals surface area contributed by atoms with E-state index in [1.165, 1.54) is 11.8 Å². The zero-order valence-electron chi connectivity index (χ0n) is 10.9. The second-order valence-electron chi connectivity index (χ2n) is 4.30. The number of aryl methyl sites for hydroxylation is 2. The van der Waals surface area contributed by atoms with Gasteiger partial charge in [0, 0.05) is 12.4 Å². The Hall–Kier alpha value is -2.49. The Morgan fingerprint density at radius 1 is 1.32 bits per heavy atom. The molecule has 1 N–H and O–H groups in total. The highest BCUT2D eigenvalue weighted by Gasteiger charge is 2.02. The number of benzene rings is 1. The molecule has 0 atom stereocenters. The summed E-state index contributed by atoms with van der Waals surface area (Å²) in [5, 5.41) is 3.96. The summed E-state index contributed by atoms with van der Waals surface area (Å²) in [4.78, 5) is 15.6. The summed E-state index contributed by atoms with van der Waals surface area (Å²) in [6.07, 6.45) is 4.76. The lowest BCUT2D eigenvalue weighted by Gasteiger charge is -2.02. The predicted octanol–water partition coefficient (Wildman–Crippen LogP) is 2.46. The minimum atomic E-state index is -0.269. The molecule has 1 amide bonds. The van der Waals surface area contributed by atoms with E-state index in [2.05, 4.69) is 21.6 Å². The van der Waals surface area contributed by atoms with Crippen LogP contribution in [0.2, 0.25) is 0 Å². The topological polar surface area (TPSA) is 54.4 Å². The maximum atomic E-state index is 11.7. The summed E-state index contributed by atoms with van der Waals surface area (Å²) >= 11 is 0. The van der Waals surface area contributed by atoms with Crippen LogP contribution >= 0.6 is 0 Å². The summed E-state index contributed by atoms with van der Waals surface area (Å²) in [7, 11) is 0. The van der Waals surface area contributed by atoms with Crippen LogP contribution in [0, 0.1) is 13.8 Å². The summed E-state index contributed by atoms with van der Waals surface area (Å²) < 4.78 is 0. The van der Waals surface area contributed by atoms with E-state index >= 15 is 0 Å². The fourth-order valence-electron chi connectivity index (χ4n) is 1.69. The molecule has 0 spiro atoms. The molecule has 0 aliphatic heterocycles. The Morgan fingerprint density at radius 2 is 2.16 bits per heavy atom. The molecular formula is C15H15N3O. The van der Waals surface area contributed by atoms with E-state index in [0.717, 1.165) is 11.1 Å². The molecule has 0 aliphatic rings. The number of carbonyl (C=O) groups excluding carboxylic acids is 1. The molecule has 0 bridgehead atoms. The Balaban J connectivity index is 2.02. The number of amides is 1. The van der Waals surface area contributed by atoms with Crippen molar-refractivity contribution in [3.05, 3.63) is 65.0 Å². The standard InChI is InChI=1S/C15H15N3O/c1-11-5-6-13(12(2)8-11)10-17-18-15(19)14-4-3-7-16-9-14/h3-10H,1-2H3,(H,18,19)/b17-10+. The van der Waals surface area contributed by atoms with Gasteiger partial charge in [0.25, 0.3) is 5.91 Å². The molecule has 4 nitrogen and oxygen atoms in total. The maximum Gasteiger partial charge on any atom is 0.272 e. The van der Waals surface area contributed by atoms with Crippen LogP contribution in [0.4, 0.5) is 0 Å². The van der Waals surface area contributed by atoms with E-state index < -0.39 is 0 Å². The zero-order valence-corrected chi connectivity index (χ0v) is 10.9. The highest BCUT2D eigenvalue weighted by Crippen LogP contribution is 2.07. The van der Waals surface area contributed by atoms with Gasteiger partial charge in [0.15, 0.2) is 0 Å². The molecule has 0 saturated carbocycles. The minimum Gasteiger partial charge on any atom is -0.267 e. The average Bonchev–Trinajstić information content (AvgIpc) is 2.42. The van der Waals surface area contributed by atoms with Crippen molar-refractivity contribution >= 4 is 12.1 Å². The number of carbonyl (C=O) groups is 1. The van der Waals surface area contributed by atoms with Crippen molar-refractivity contribution in [3.63, 3.8) is 0 Å². The lowest BCUT2D eigenvalue weighted by molar-refractivity contribution is 0.0955. The van der Waals surface area contributed by atoms with E-state index in [9.17, 15) is 4.79 Å². The van der Waals surface area contributed by atoms with Gasteiger partial charge in [0.2, 0.25) is 0 Å². The second-order valence-corrected chi connectivity index (χ2v) is 4.30. The molecular weight excluding hydrogens is 238 g/mol. The van der Waals surface area contributed by atoms with Gasteiger partial charge >= 0.3 is 0 Å². The van der Waals surface area contributed by atoms with Crippen LogP contribution in [0.15, 0.2) is 47.8 Å². The van der Waals surface area contributed by atoms with Crippen LogP contribution in [0.5, 0.6) is 0 Å². The van der Waals surface area contributed by atoms with Gasteiger partial charge in [-0.3, -0.25) is 9.78 Å². The summed E-state index contributed by atoms with van der Waals surface area (Å²) in [5.41, 5.74) is 6.28. The second kappa shape index (κ2) is 5.91. The number of rotatable bonds is 3. The average molecular weight is 253 g/mol. The van der Waals surface area contributed by atoms with Crippen molar-refractivity contribution in [2.45, 2.75) is 13.8 Å².